The Morgan fingerprint density at radius 3 is 3.08 bits per heavy atom. The largest absolute Gasteiger partial charge is 0.374 e. The Kier molecular flexibility index (Phi) is 4.81. The molecule has 2 atom stereocenters. The lowest BCUT2D eigenvalue weighted by molar-refractivity contribution is -0.149. The maximum Gasteiger partial charge on any atom is 0.222 e. The Morgan fingerprint density at radius 2 is 2.17 bits per heavy atom. The third kappa shape index (κ3) is 3.33. The number of carbonyl (C=O) groups excluding carboxylic acids is 1. The first kappa shape index (κ1) is 16.0. The number of morpholine rings is 1. The standard InChI is InChI=1S/C19H24N2O2S/c22-19(21-12-13-23-16-8-3-2-7-15(16)21)11-5-10-18-20-14-6-1-4-9-17(14)24-18/h1,4,6,9,15-16H,2-3,5,7-8,10-13H2/t15-,16-/m0/s1. The highest BCUT2D eigenvalue weighted by Gasteiger charge is 2.36. The van der Waals surface area contributed by atoms with Gasteiger partial charge in [0.2, 0.25) is 5.91 Å². The first-order valence-electron chi connectivity index (χ1n) is 9.07. The van der Waals surface area contributed by atoms with Crippen molar-refractivity contribution in [3.05, 3.63) is 29.3 Å². The van der Waals surface area contributed by atoms with Crippen LogP contribution in [0.3, 0.4) is 0 Å². The molecule has 1 aromatic heterocycles. The van der Waals surface area contributed by atoms with E-state index in [1.807, 2.05) is 12.1 Å². The number of thiazole rings is 1. The number of amides is 1. The van der Waals surface area contributed by atoms with Gasteiger partial charge < -0.3 is 9.64 Å². The van der Waals surface area contributed by atoms with Crippen LogP contribution in [0.1, 0.15) is 43.5 Å². The Balaban J connectivity index is 1.32. The second-order valence-corrected chi connectivity index (χ2v) is 7.89. The van der Waals surface area contributed by atoms with Gasteiger partial charge in [0.05, 0.1) is 34.0 Å². The Hall–Kier alpha value is -1.46. The van der Waals surface area contributed by atoms with Gasteiger partial charge in [-0.3, -0.25) is 4.79 Å². The summed E-state index contributed by atoms with van der Waals surface area (Å²) in [5.41, 5.74) is 1.07. The minimum atomic E-state index is 0.278. The van der Waals surface area contributed by atoms with E-state index < -0.39 is 0 Å². The van der Waals surface area contributed by atoms with Crippen molar-refractivity contribution >= 4 is 27.5 Å². The van der Waals surface area contributed by atoms with E-state index in [1.165, 1.54) is 17.5 Å². The van der Waals surface area contributed by atoms with Crippen LogP contribution in [-0.2, 0) is 16.0 Å². The molecule has 1 saturated heterocycles. The van der Waals surface area contributed by atoms with Crippen LogP contribution in [0.2, 0.25) is 0 Å². The molecule has 2 aliphatic rings. The molecule has 24 heavy (non-hydrogen) atoms. The predicted octanol–water partition coefficient (Wildman–Crippen LogP) is 3.79. The number of hydrogen-bond donors (Lipinski definition) is 0. The highest BCUT2D eigenvalue weighted by Crippen LogP contribution is 2.29. The smallest absolute Gasteiger partial charge is 0.222 e. The topological polar surface area (TPSA) is 42.4 Å². The lowest BCUT2D eigenvalue weighted by atomic mass is 9.90. The molecule has 1 saturated carbocycles. The summed E-state index contributed by atoms with van der Waals surface area (Å²) in [6, 6.07) is 8.56. The van der Waals surface area contributed by atoms with Gasteiger partial charge in [-0.2, -0.15) is 0 Å². The van der Waals surface area contributed by atoms with Gasteiger partial charge in [-0.1, -0.05) is 25.0 Å². The number of aryl methyl sites for hydroxylation is 1. The lowest BCUT2D eigenvalue weighted by Crippen LogP contribution is -2.54. The van der Waals surface area contributed by atoms with Crippen LogP contribution in [0.25, 0.3) is 10.2 Å². The number of ether oxygens (including phenoxy) is 1. The van der Waals surface area contributed by atoms with Crippen LogP contribution >= 0.6 is 11.3 Å². The number of nitrogens with zero attached hydrogens (tertiary/aromatic N) is 2. The molecule has 4 nitrogen and oxygen atoms in total. The van der Waals surface area contributed by atoms with Gasteiger partial charge in [0.25, 0.3) is 0 Å². The number of rotatable bonds is 4. The Bertz CT molecular complexity index is 679. The minimum absolute atomic E-state index is 0.278. The number of fused-ring (bicyclic) bond motifs is 2. The van der Waals surface area contributed by atoms with Crippen molar-refractivity contribution < 1.29 is 9.53 Å². The number of hydrogen-bond acceptors (Lipinski definition) is 4. The fourth-order valence-electron chi connectivity index (χ4n) is 3.97. The van der Waals surface area contributed by atoms with Crippen molar-refractivity contribution in [1.82, 2.24) is 9.88 Å². The maximum atomic E-state index is 12.7. The third-order valence-corrected chi connectivity index (χ3v) is 6.27. The Labute approximate surface area is 146 Å². The number of para-hydroxylation sites is 1. The van der Waals surface area contributed by atoms with Crippen LogP contribution < -0.4 is 0 Å². The normalized spacial score (nSPS) is 24.1. The quantitative estimate of drug-likeness (QED) is 0.847. The number of benzene rings is 1. The van der Waals surface area contributed by atoms with Crippen molar-refractivity contribution in [2.75, 3.05) is 13.2 Å². The van der Waals surface area contributed by atoms with Gasteiger partial charge in [-0.15, -0.1) is 11.3 Å². The van der Waals surface area contributed by atoms with Crippen LogP contribution in [-0.4, -0.2) is 41.1 Å². The van der Waals surface area contributed by atoms with E-state index in [2.05, 4.69) is 22.0 Å². The molecule has 1 aliphatic carbocycles. The molecule has 0 spiro atoms. The van der Waals surface area contributed by atoms with Gasteiger partial charge in [-0.25, -0.2) is 4.98 Å². The zero-order chi connectivity index (χ0) is 16.4. The van der Waals surface area contributed by atoms with Crippen LogP contribution in [0.15, 0.2) is 24.3 Å². The molecule has 128 valence electrons. The van der Waals surface area contributed by atoms with E-state index in [9.17, 15) is 4.79 Å². The average molecular weight is 344 g/mol. The number of aromatic nitrogens is 1. The summed E-state index contributed by atoms with van der Waals surface area (Å²) in [5.74, 6) is 0.302. The van der Waals surface area contributed by atoms with E-state index in [1.54, 1.807) is 11.3 Å². The molecule has 1 aliphatic heterocycles. The molecule has 1 aromatic carbocycles. The Morgan fingerprint density at radius 1 is 1.29 bits per heavy atom. The molecule has 4 rings (SSSR count). The second kappa shape index (κ2) is 7.19. The summed E-state index contributed by atoms with van der Waals surface area (Å²) < 4.78 is 7.10. The molecule has 2 aromatic rings. The molecule has 0 radical (unpaired) electrons. The first-order chi connectivity index (χ1) is 11.8. The summed E-state index contributed by atoms with van der Waals surface area (Å²) >= 11 is 1.75. The highest BCUT2D eigenvalue weighted by atomic mass is 32.1. The summed E-state index contributed by atoms with van der Waals surface area (Å²) in [4.78, 5) is 19.4. The fourth-order valence-corrected chi connectivity index (χ4v) is 4.98. The van der Waals surface area contributed by atoms with Gasteiger partial charge >= 0.3 is 0 Å². The van der Waals surface area contributed by atoms with E-state index in [-0.39, 0.29) is 6.10 Å². The highest BCUT2D eigenvalue weighted by molar-refractivity contribution is 7.18. The van der Waals surface area contributed by atoms with E-state index in [0.717, 1.165) is 42.8 Å². The molecule has 5 heteroatoms. The van der Waals surface area contributed by atoms with Crippen molar-refractivity contribution in [3.63, 3.8) is 0 Å². The van der Waals surface area contributed by atoms with Gasteiger partial charge in [-0.05, 0) is 37.8 Å². The van der Waals surface area contributed by atoms with Gasteiger partial charge in [0, 0.05) is 13.0 Å². The fraction of sp³-hybridized carbons (Fsp3) is 0.579. The zero-order valence-corrected chi connectivity index (χ0v) is 14.8. The molecular formula is C19H24N2O2S. The van der Waals surface area contributed by atoms with Crippen molar-refractivity contribution in [2.45, 2.75) is 57.1 Å². The predicted molar refractivity (Wildman–Crippen MR) is 96.3 cm³/mol. The third-order valence-electron chi connectivity index (χ3n) is 5.17. The van der Waals surface area contributed by atoms with Crippen LogP contribution in [0.4, 0.5) is 0 Å². The average Bonchev–Trinajstić information content (AvgIpc) is 3.04. The molecule has 1 amide bonds. The molecule has 0 bridgehead atoms. The van der Waals surface area contributed by atoms with Gasteiger partial charge in [0.15, 0.2) is 0 Å². The second-order valence-electron chi connectivity index (χ2n) is 6.78. The molecule has 2 fully saturated rings. The summed E-state index contributed by atoms with van der Waals surface area (Å²) in [5, 5.41) is 1.14. The SMILES string of the molecule is O=C(CCCc1nc2ccccc2s1)N1CCO[C@H]2CCCC[C@@H]21. The van der Waals surface area contributed by atoms with Gasteiger partial charge in [0.1, 0.15) is 0 Å². The monoisotopic (exact) mass is 344 g/mol. The molecule has 2 heterocycles. The molecule has 0 N–H and O–H groups in total. The van der Waals surface area contributed by atoms with Crippen molar-refractivity contribution in [1.29, 1.82) is 0 Å². The minimum Gasteiger partial charge on any atom is -0.374 e. The van der Waals surface area contributed by atoms with E-state index in [4.69, 9.17) is 4.74 Å². The van der Waals surface area contributed by atoms with Crippen molar-refractivity contribution in [2.24, 2.45) is 0 Å². The van der Waals surface area contributed by atoms with Crippen molar-refractivity contribution in [3.8, 4) is 0 Å². The first-order valence-corrected chi connectivity index (χ1v) is 9.88. The molecular weight excluding hydrogens is 320 g/mol. The van der Waals surface area contributed by atoms with Crippen LogP contribution in [0, 0.1) is 0 Å². The summed E-state index contributed by atoms with van der Waals surface area (Å²) in [6.45, 7) is 1.46. The van der Waals surface area contributed by atoms with Crippen LogP contribution in [0.5, 0.6) is 0 Å². The van der Waals surface area contributed by atoms with E-state index in [0.29, 0.717) is 25.0 Å². The molecule has 0 unspecified atom stereocenters. The summed E-state index contributed by atoms with van der Waals surface area (Å²) in [7, 11) is 0. The lowest BCUT2D eigenvalue weighted by Gasteiger charge is -2.43. The number of carbonyl (C=O) groups is 1. The summed E-state index contributed by atoms with van der Waals surface area (Å²) in [6.07, 6.45) is 7.35. The maximum absolute atomic E-state index is 12.7. The van der Waals surface area contributed by atoms with E-state index >= 15 is 0 Å². The zero-order valence-electron chi connectivity index (χ0n) is 13.9.